The van der Waals surface area contributed by atoms with Crippen LogP contribution in [-0.2, 0) is 7.05 Å². The maximum atomic E-state index is 5.31. The van der Waals surface area contributed by atoms with Gasteiger partial charge in [-0.2, -0.15) is 10.1 Å². The summed E-state index contributed by atoms with van der Waals surface area (Å²) in [4.78, 5) is 4.38. The Hall–Kier alpha value is -2.63. The highest BCUT2D eigenvalue weighted by atomic mass is 16.5. The van der Waals surface area contributed by atoms with Gasteiger partial charge in [0, 0.05) is 26.0 Å². The fourth-order valence-corrected chi connectivity index (χ4v) is 1.86. The Morgan fingerprint density at radius 1 is 1.21 bits per heavy atom. The van der Waals surface area contributed by atoms with Crippen molar-refractivity contribution in [2.45, 2.75) is 0 Å². The van der Waals surface area contributed by atoms with Crippen LogP contribution in [0.2, 0.25) is 0 Å². The van der Waals surface area contributed by atoms with Gasteiger partial charge >= 0.3 is 0 Å². The average molecular weight is 255 g/mol. The summed E-state index contributed by atoms with van der Waals surface area (Å²) < 4.78 is 7.01. The fourth-order valence-electron chi connectivity index (χ4n) is 1.86. The Balaban J connectivity index is 2.01. The summed E-state index contributed by atoms with van der Waals surface area (Å²) in [5.74, 6) is 0.965. The van der Waals surface area contributed by atoms with Crippen molar-refractivity contribution in [3.63, 3.8) is 0 Å². The van der Waals surface area contributed by atoms with Gasteiger partial charge in [0.25, 0.3) is 5.89 Å². The van der Waals surface area contributed by atoms with Crippen molar-refractivity contribution in [2.75, 3.05) is 12.4 Å². The second-order valence-corrected chi connectivity index (χ2v) is 4.09. The first kappa shape index (κ1) is 11.5. The van der Waals surface area contributed by atoms with E-state index in [1.807, 2.05) is 50.6 Å². The fraction of sp³-hybridized carbons (Fsp3) is 0.154. The first-order valence-corrected chi connectivity index (χ1v) is 5.89. The second kappa shape index (κ2) is 4.56. The summed E-state index contributed by atoms with van der Waals surface area (Å²) in [6, 6.07) is 9.62. The summed E-state index contributed by atoms with van der Waals surface area (Å²) in [6.45, 7) is 0. The Morgan fingerprint density at radius 2 is 2.05 bits per heavy atom. The van der Waals surface area contributed by atoms with Gasteiger partial charge in [0.2, 0.25) is 5.82 Å². The highest BCUT2D eigenvalue weighted by Crippen LogP contribution is 2.27. The molecule has 0 bridgehead atoms. The van der Waals surface area contributed by atoms with Crippen molar-refractivity contribution in [1.82, 2.24) is 19.9 Å². The molecule has 1 N–H and O–H groups in total. The minimum absolute atomic E-state index is 0.477. The molecule has 0 atom stereocenters. The lowest BCUT2D eigenvalue weighted by Crippen LogP contribution is -1.91. The quantitative estimate of drug-likeness (QED) is 0.776. The highest BCUT2D eigenvalue weighted by molar-refractivity contribution is 5.72. The van der Waals surface area contributed by atoms with Crippen LogP contribution < -0.4 is 5.32 Å². The van der Waals surface area contributed by atoms with Crippen molar-refractivity contribution < 1.29 is 4.52 Å². The zero-order valence-corrected chi connectivity index (χ0v) is 10.7. The zero-order chi connectivity index (χ0) is 13.2. The Labute approximate surface area is 110 Å². The third-order valence-electron chi connectivity index (χ3n) is 2.80. The molecule has 1 aromatic carbocycles. The predicted octanol–water partition coefficient (Wildman–Crippen LogP) is 2.18. The number of para-hydroxylation sites is 1. The number of hydrogen-bond acceptors (Lipinski definition) is 5. The van der Waals surface area contributed by atoms with Crippen molar-refractivity contribution in [3.8, 4) is 23.0 Å². The molecule has 3 rings (SSSR count). The van der Waals surface area contributed by atoms with Gasteiger partial charge < -0.3 is 9.84 Å². The van der Waals surface area contributed by atoms with Crippen LogP contribution in [0, 0.1) is 0 Å². The summed E-state index contributed by atoms with van der Waals surface area (Å²) >= 11 is 0. The SMILES string of the molecule is CNc1ccccc1-c1nc(-c2ccn(C)n2)no1. The molecule has 0 saturated carbocycles. The van der Waals surface area contributed by atoms with E-state index in [2.05, 4.69) is 20.6 Å². The summed E-state index contributed by atoms with van der Waals surface area (Å²) in [7, 11) is 3.70. The zero-order valence-electron chi connectivity index (χ0n) is 10.7. The van der Waals surface area contributed by atoms with Gasteiger partial charge in [-0.3, -0.25) is 4.68 Å². The summed E-state index contributed by atoms with van der Waals surface area (Å²) in [5.41, 5.74) is 2.51. The smallest absolute Gasteiger partial charge is 0.260 e. The normalized spacial score (nSPS) is 10.6. The standard InChI is InChI=1S/C13H13N5O/c1-14-10-6-4-3-5-9(10)13-15-12(17-19-13)11-7-8-18(2)16-11/h3-8,14H,1-2H3. The van der Waals surface area contributed by atoms with Crippen molar-refractivity contribution in [2.24, 2.45) is 7.05 Å². The van der Waals surface area contributed by atoms with E-state index in [-0.39, 0.29) is 0 Å². The number of aryl methyl sites for hydroxylation is 1. The van der Waals surface area contributed by atoms with Gasteiger partial charge in [-0.05, 0) is 18.2 Å². The van der Waals surface area contributed by atoms with Crippen LogP contribution in [-0.4, -0.2) is 27.0 Å². The molecule has 2 heterocycles. The monoisotopic (exact) mass is 255 g/mol. The van der Waals surface area contributed by atoms with E-state index in [0.717, 1.165) is 11.3 Å². The van der Waals surface area contributed by atoms with E-state index in [4.69, 9.17) is 4.52 Å². The van der Waals surface area contributed by atoms with Gasteiger partial charge in [0.1, 0.15) is 5.69 Å². The van der Waals surface area contributed by atoms with Crippen LogP contribution in [0.25, 0.3) is 23.0 Å². The molecule has 6 heteroatoms. The van der Waals surface area contributed by atoms with Crippen LogP contribution in [0.15, 0.2) is 41.1 Å². The van der Waals surface area contributed by atoms with Crippen molar-refractivity contribution in [3.05, 3.63) is 36.5 Å². The lowest BCUT2D eigenvalue weighted by Gasteiger charge is -2.03. The van der Waals surface area contributed by atoms with Crippen LogP contribution >= 0.6 is 0 Å². The minimum atomic E-state index is 0.477. The van der Waals surface area contributed by atoms with E-state index in [9.17, 15) is 0 Å². The van der Waals surface area contributed by atoms with E-state index in [1.165, 1.54) is 0 Å². The van der Waals surface area contributed by atoms with Crippen LogP contribution in [0.1, 0.15) is 0 Å². The number of nitrogens with one attached hydrogen (secondary N) is 1. The van der Waals surface area contributed by atoms with Crippen molar-refractivity contribution >= 4 is 5.69 Å². The first-order valence-electron chi connectivity index (χ1n) is 5.89. The third kappa shape index (κ3) is 2.08. The van der Waals surface area contributed by atoms with Gasteiger partial charge in [-0.1, -0.05) is 17.3 Å². The predicted molar refractivity (Wildman–Crippen MR) is 71.5 cm³/mol. The van der Waals surface area contributed by atoms with E-state index in [0.29, 0.717) is 17.4 Å². The second-order valence-electron chi connectivity index (χ2n) is 4.09. The molecule has 6 nitrogen and oxygen atoms in total. The number of rotatable bonds is 3. The molecule has 0 radical (unpaired) electrons. The largest absolute Gasteiger partial charge is 0.387 e. The third-order valence-corrected chi connectivity index (χ3v) is 2.80. The molecule has 19 heavy (non-hydrogen) atoms. The van der Waals surface area contributed by atoms with Gasteiger partial charge in [0.05, 0.1) is 5.56 Å². The van der Waals surface area contributed by atoms with E-state index >= 15 is 0 Å². The molecule has 96 valence electrons. The molecule has 0 saturated heterocycles. The van der Waals surface area contributed by atoms with Gasteiger partial charge in [-0.15, -0.1) is 0 Å². The van der Waals surface area contributed by atoms with Gasteiger partial charge in [0.15, 0.2) is 0 Å². The lowest BCUT2D eigenvalue weighted by atomic mass is 10.2. The van der Waals surface area contributed by atoms with Crippen LogP contribution in [0.5, 0.6) is 0 Å². The van der Waals surface area contributed by atoms with E-state index < -0.39 is 0 Å². The molecule has 0 spiro atoms. The molecule has 0 aliphatic carbocycles. The number of nitrogens with zero attached hydrogens (tertiary/aromatic N) is 4. The van der Waals surface area contributed by atoms with E-state index in [1.54, 1.807) is 4.68 Å². The Morgan fingerprint density at radius 3 is 2.79 bits per heavy atom. The molecule has 0 fully saturated rings. The summed E-state index contributed by atoms with van der Waals surface area (Å²) in [5, 5.41) is 11.3. The number of aromatic nitrogens is 4. The van der Waals surface area contributed by atoms with Crippen LogP contribution in [0.3, 0.4) is 0 Å². The molecule has 0 aliphatic heterocycles. The molecular weight excluding hydrogens is 242 g/mol. The molecular formula is C13H13N5O. The summed E-state index contributed by atoms with van der Waals surface area (Å²) in [6.07, 6.45) is 1.84. The topological polar surface area (TPSA) is 68.8 Å². The molecule has 0 amide bonds. The first-order chi connectivity index (χ1) is 9.28. The molecule has 3 aromatic rings. The van der Waals surface area contributed by atoms with Crippen molar-refractivity contribution in [1.29, 1.82) is 0 Å². The average Bonchev–Trinajstić information content (AvgIpc) is 3.07. The number of benzene rings is 1. The number of hydrogen-bond donors (Lipinski definition) is 1. The van der Waals surface area contributed by atoms with Gasteiger partial charge in [-0.25, -0.2) is 0 Å². The molecule has 0 unspecified atom stereocenters. The highest BCUT2D eigenvalue weighted by Gasteiger charge is 2.14. The lowest BCUT2D eigenvalue weighted by molar-refractivity contribution is 0.432. The Bertz CT molecular complexity index is 700. The molecule has 2 aromatic heterocycles. The minimum Gasteiger partial charge on any atom is -0.387 e. The maximum absolute atomic E-state index is 5.31. The Kier molecular flexibility index (Phi) is 2.75. The van der Waals surface area contributed by atoms with Crippen LogP contribution in [0.4, 0.5) is 5.69 Å². The molecule has 0 aliphatic rings. The number of anilines is 1. The maximum Gasteiger partial charge on any atom is 0.260 e.